The van der Waals surface area contributed by atoms with E-state index in [9.17, 15) is 9.59 Å². The predicted molar refractivity (Wildman–Crippen MR) is 79.7 cm³/mol. The Morgan fingerprint density at radius 2 is 2.10 bits per heavy atom. The van der Waals surface area contributed by atoms with Gasteiger partial charge in [-0.3, -0.25) is 9.59 Å². The number of fused-ring (bicyclic) bond motifs is 1. The molecule has 1 atom stereocenters. The van der Waals surface area contributed by atoms with Gasteiger partial charge in [-0.2, -0.15) is 0 Å². The third kappa shape index (κ3) is 2.13. The summed E-state index contributed by atoms with van der Waals surface area (Å²) >= 11 is 0. The van der Waals surface area contributed by atoms with Crippen molar-refractivity contribution in [1.82, 2.24) is 4.90 Å². The molecule has 1 N–H and O–H groups in total. The van der Waals surface area contributed by atoms with Crippen molar-refractivity contribution < 1.29 is 9.59 Å². The quantitative estimate of drug-likeness (QED) is 0.859. The molecule has 3 aliphatic rings. The molecule has 0 radical (unpaired) electrons. The zero-order chi connectivity index (χ0) is 14.4. The van der Waals surface area contributed by atoms with Crippen molar-refractivity contribution in [3.63, 3.8) is 0 Å². The number of piperidine rings is 1. The Bertz CT molecular complexity index is 609. The van der Waals surface area contributed by atoms with Crippen LogP contribution in [0.4, 0.5) is 5.69 Å². The summed E-state index contributed by atoms with van der Waals surface area (Å²) in [6, 6.07) is 8.00. The highest BCUT2D eigenvalue weighted by Crippen LogP contribution is 2.41. The Morgan fingerprint density at radius 3 is 2.90 bits per heavy atom. The SMILES string of the molecule is O=C(C1CC1)N1CCCC2(Cc3ccccc3NC2=O)C1. The second kappa shape index (κ2) is 4.58. The number of rotatable bonds is 1. The highest BCUT2D eigenvalue weighted by Gasteiger charge is 2.47. The van der Waals surface area contributed by atoms with Crippen LogP contribution in [0, 0.1) is 11.3 Å². The molecule has 4 nitrogen and oxygen atoms in total. The van der Waals surface area contributed by atoms with Gasteiger partial charge in [0.25, 0.3) is 0 Å². The summed E-state index contributed by atoms with van der Waals surface area (Å²) < 4.78 is 0. The maximum Gasteiger partial charge on any atom is 0.232 e. The summed E-state index contributed by atoms with van der Waals surface area (Å²) in [5, 5.41) is 3.05. The van der Waals surface area contributed by atoms with E-state index in [1.54, 1.807) is 0 Å². The van der Waals surface area contributed by atoms with Gasteiger partial charge in [-0.05, 0) is 43.7 Å². The van der Waals surface area contributed by atoms with Crippen LogP contribution in [0.3, 0.4) is 0 Å². The van der Waals surface area contributed by atoms with Crippen molar-refractivity contribution in [2.45, 2.75) is 32.1 Å². The monoisotopic (exact) mass is 284 g/mol. The van der Waals surface area contributed by atoms with Crippen LogP contribution < -0.4 is 5.32 Å². The molecular weight excluding hydrogens is 264 g/mol. The van der Waals surface area contributed by atoms with Gasteiger partial charge < -0.3 is 10.2 Å². The van der Waals surface area contributed by atoms with E-state index in [1.807, 2.05) is 23.1 Å². The molecule has 110 valence electrons. The predicted octanol–water partition coefficient (Wildman–Crippen LogP) is 2.20. The molecule has 1 saturated heterocycles. The summed E-state index contributed by atoms with van der Waals surface area (Å²) in [6.45, 7) is 1.40. The third-order valence-corrected chi connectivity index (χ3v) is 5.09. The summed E-state index contributed by atoms with van der Waals surface area (Å²) in [6.07, 6.45) is 4.61. The molecule has 1 saturated carbocycles. The van der Waals surface area contributed by atoms with E-state index in [4.69, 9.17) is 0 Å². The van der Waals surface area contributed by atoms with Gasteiger partial charge in [0.05, 0.1) is 5.41 Å². The van der Waals surface area contributed by atoms with Crippen LogP contribution in [0.2, 0.25) is 0 Å². The molecular formula is C17H20N2O2. The lowest BCUT2D eigenvalue weighted by Crippen LogP contribution is -2.54. The third-order valence-electron chi connectivity index (χ3n) is 5.09. The number of nitrogens with zero attached hydrogens (tertiary/aromatic N) is 1. The molecule has 2 aliphatic heterocycles. The Hall–Kier alpha value is -1.84. The van der Waals surface area contributed by atoms with Gasteiger partial charge in [0.1, 0.15) is 0 Å². The lowest BCUT2D eigenvalue weighted by molar-refractivity contribution is -0.140. The van der Waals surface area contributed by atoms with Crippen LogP contribution in [0.5, 0.6) is 0 Å². The standard InChI is InChI=1S/C17H20N2O2/c20-15(12-6-7-12)19-9-3-8-17(11-19)10-13-4-1-2-5-14(13)18-16(17)21/h1-2,4-5,12H,3,6-11H2,(H,18,21). The second-order valence-corrected chi connectivity index (χ2v) is 6.71. The molecule has 1 aromatic rings. The number of nitrogens with one attached hydrogen (secondary N) is 1. The van der Waals surface area contributed by atoms with Crippen molar-refractivity contribution in [2.24, 2.45) is 11.3 Å². The lowest BCUT2D eigenvalue weighted by Gasteiger charge is -2.44. The van der Waals surface area contributed by atoms with E-state index in [0.29, 0.717) is 6.54 Å². The number of anilines is 1. The minimum Gasteiger partial charge on any atom is -0.341 e. The van der Waals surface area contributed by atoms with Gasteiger partial charge in [-0.1, -0.05) is 18.2 Å². The summed E-state index contributed by atoms with van der Waals surface area (Å²) in [5.41, 5.74) is 1.70. The van der Waals surface area contributed by atoms with Crippen LogP contribution in [0.15, 0.2) is 24.3 Å². The maximum atomic E-state index is 12.6. The molecule has 2 amide bonds. The van der Waals surface area contributed by atoms with Gasteiger partial charge in [-0.15, -0.1) is 0 Å². The number of amides is 2. The number of benzene rings is 1. The smallest absolute Gasteiger partial charge is 0.232 e. The largest absolute Gasteiger partial charge is 0.341 e. The van der Waals surface area contributed by atoms with Crippen LogP contribution in [0.1, 0.15) is 31.2 Å². The second-order valence-electron chi connectivity index (χ2n) is 6.71. The van der Waals surface area contributed by atoms with Crippen molar-refractivity contribution in [3.05, 3.63) is 29.8 Å². The average molecular weight is 284 g/mol. The fourth-order valence-electron chi connectivity index (χ4n) is 3.73. The number of likely N-dealkylation sites (tertiary alicyclic amines) is 1. The van der Waals surface area contributed by atoms with Crippen LogP contribution >= 0.6 is 0 Å². The van der Waals surface area contributed by atoms with Crippen molar-refractivity contribution in [3.8, 4) is 0 Å². The Morgan fingerprint density at radius 1 is 1.29 bits per heavy atom. The number of carbonyl (C=O) groups excluding carboxylic acids is 2. The van der Waals surface area contributed by atoms with Gasteiger partial charge in [0.2, 0.25) is 11.8 Å². The van der Waals surface area contributed by atoms with E-state index < -0.39 is 5.41 Å². The van der Waals surface area contributed by atoms with Crippen LogP contribution in [-0.4, -0.2) is 29.8 Å². The molecule has 1 aliphatic carbocycles. The van der Waals surface area contributed by atoms with E-state index in [1.165, 1.54) is 5.56 Å². The molecule has 0 bridgehead atoms. The first-order chi connectivity index (χ1) is 10.2. The highest BCUT2D eigenvalue weighted by atomic mass is 16.2. The fraction of sp³-hybridized carbons (Fsp3) is 0.529. The Kier molecular flexibility index (Phi) is 2.81. The van der Waals surface area contributed by atoms with E-state index in [0.717, 1.165) is 44.3 Å². The van der Waals surface area contributed by atoms with Crippen molar-refractivity contribution >= 4 is 17.5 Å². The normalized spacial score (nSPS) is 28.2. The van der Waals surface area contributed by atoms with E-state index in [2.05, 4.69) is 11.4 Å². The molecule has 0 aromatic heterocycles. The van der Waals surface area contributed by atoms with Gasteiger partial charge in [-0.25, -0.2) is 0 Å². The molecule has 2 heterocycles. The number of para-hydroxylation sites is 1. The van der Waals surface area contributed by atoms with Gasteiger partial charge in [0, 0.05) is 24.7 Å². The van der Waals surface area contributed by atoms with Crippen LogP contribution in [0.25, 0.3) is 0 Å². The summed E-state index contributed by atoms with van der Waals surface area (Å²) in [7, 11) is 0. The average Bonchev–Trinajstić information content (AvgIpc) is 3.33. The Labute approximate surface area is 124 Å². The highest BCUT2D eigenvalue weighted by molar-refractivity contribution is 5.99. The summed E-state index contributed by atoms with van der Waals surface area (Å²) in [4.78, 5) is 26.9. The minimum atomic E-state index is -0.419. The van der Waals surface area contributed by atoms with Crippen LogP contribution in [-0.2, 0) is 16.0 Å². The number of carbonyl (C=O) groups is 2. The molecule has 1 unspecified atom stereocenters. The van der Waals surface area contributed by atoms with Crippen molar-refractivity contribution in [2.75, 3.05) is 18.4 Å². The maximum absolute atomic E-state index is 12.6. The molecule has 4 heteroatoms. The zero-order valence-electron chi connectivity index (χ0n) is 12.1. The van der Waals surface area contributed by atoms with Gasteiger partial charge in [0.15, 0.2) is 0 Å². The zero-order valence-corrected chi connectivity index (χ0v) is 12.1. The molecule has 1 spiro atoms. The molecule has 2 fully saturated rings. The summed E-state index contributed by atoms with van der Waals surface area (Å²) in [5.74, 6) is 0.592. The van der Waals surface area contributed by atoms with E-state index in [-0.39, 0.29) is 17.7 Å². The van der Waals surface area contributed by atoms with Gasteiger partial charge >= 0.3 is 0 Å². The molecule has 4 rings (SSSR count). The number of hydrogen-bond acceptors (Lipinski definition) is 2. The molecule has 1 aromatic carbocycles. The van der Waals surface area contributed by atoms with E-state index >= 15 is 0 Å². The first-order valence-electron chi connectivity index (χ1n) is 7.86. The first-order valence-corrected chi connectivity index (χ1v) is 7.86. The Balaban J connectivity index is 1.61. The fourth-order valence-corrected chi connectivity index (χ4v) is 3.73. The molecule has 21 heavy (non-hydrogen) atoms. The first kappa shape index (κ1) is 12.9. The minimum absolute atomic E-state index is 0.0921. The topological polar surface area (TPSA) is 49.4 Å². The number of hydrogen-bond donors (Lipinski definition) is 1. The van der Waals surface area contributed by atoms with Crippen molar-refractivity contribution in [1.29, 1.82) is 0 Å². The lowest BCUT2D eigenvalue weighted by atomic mass is 9.72.